The van der Waals surface area contributed by atoms with Crippen LogP contribution in [0.1, 0.15) is 44.6 Å². The summed E-state index contributed by atoms with van der Waals surface area (Å²) in [6, 6.07) is 7.53. The average Bonchev–Trinajstić information content (AvgIpc) is 3.06. The van der Waals surface area contributed by atoms with Crippen LogP contribution in [0.25, 0.3) is 0 Å². The third kappa shape index (κ3) is 6.89. The number of hydrogen-bond acceptors (Lipinski definition) is 3. The van der Waals surface area contributed by atoms with Gasteiger partial charge in [-0.25, -0.2) is 0 Å². The summed E-state index contributed by atoms with van der Waals surface area (Å²) in [5.74, 6) is -0.156. The molecule has 1 aliphatic heterocycles. The Kier molecular flexibility index (Phi) is 8.39. The summed E-state index contributed by atoms with van der Waals surface area (Å²) < 4.78 is 6.06. The zero-order chi connectivity index (χ0) is 17.8. The number of aliphatic hydroxyl groups is 1. The van der Waals surface area contributed by atoms with Gasteiger partial charge in [-0.3, -0.25) is 4.79 Å². The number of carbonyl (C=O) groups is 1. The molecular formula is C19H29BrClNO3. The number of halogens is 2. The van der Waals surface area contributed by atoms with Crippen molar-refractivity contribution in [2.24, 2.45) is 0 Å². The minimum absolute atomic E-state index is 0. The molecule has 1 N–H and O–H groups in total. The maximum atomic E-state index is 10.6. The van der Waals surface area contributed by atoms with Crippen LogP contribution in [0.4, 0.5) is 0 Å². The first-order valence-electron chi connectivity index (χ1n) is 8.68. The maximum Gasteiger partial charge on any atom is 0.303 e. The Morgan fingerprint density at radius 2 is 1.80 bits per heavy atom. The van der Waals surface area contributed by atoms with Crippen molar-refractivity contribution in [3.8, 4) is 0 Å². The number of carbonyl (C=O) groups excluding carboxylic acids is 1. The van der Waals surface area contributed by atoms with Gasteiger partial charge in [0.15, 0.2) is 6.10 Å². The lowest BCUT2D eigenvalue weighted by Crippen LogP contribution is -3.00. The molecule has 3 rings (SSSR count). The zero-order valence-corrected chi connectivity index (χ0v) is 17.6. The summed E-state index contributed by atoms with van der Waals surface area (Å²) in [6.45, 7) is 3.54. The van der Waals surface area contributed by atoms with E-state index in [0.29, 0.717) is 0 Å². The SMILES string of the molecule is CC(=O)OC1CC[N+](C)(C)C1.OC1(c2ccc(Cl)cc2)CCCC1.[Br-]. The Labute approximate surface area is 166 Å². The fourth-order valence-corrected chi connectivity index (χ4v) is 3.69. The van der Waals surface area contributed by atoms with Crippen LogP contribution < -0.4 is 17.0 Å². The average molecular weight is 435 g/mol. The van der Waals surface area contributed by atoms with Crippen LogP contribution in [0.3, 0.4) is 0 Å². The van der Waals surface area contributed by atoms with Crippen LogP contribution in [0.5, 0.6) is 0 Å². The first-order valence-corrected chi connectivity index (χ1v) is 9.06. The molecule has 6 heteroatoms. The molecule has 0 bridgehead atoms. The van der Waals surface area contributed by atoms with Crippen LogP contribution >= 0.6 is 11.6 Å². The van der Waals surface area contributed by atoms with E-state index in [4.69, 9.17) is 16.3 Å². The predicted molar refractivity (Wildman–Crippen MR) is 95.8 cm³/mol. The van der Waals surface area contributed by atoms with Gasteiger partial charge in [0.25, 0.3) is 0 Å². The second-order valence-corrected chi connectivity index (χ2v) is 8.04. The summed E-state index contributed by atoms with van der Waals surface area (Å²) in [7, 11) is 4.31. The lowest BCUT2D eigenvalue weighted by Gasteiger charge is -2.22. The molecule has 2 fully saturated rings. The lowest BCUT2D eigenvalue weighted by atomic mass is 9.92. The molecule has 2 aliphatic rings. The largest absolute Gasteiger partial charge is 1.00 e. The van der Waals surface area contributed by atoms with Crippen LogP contribution in [0.15, 0.2) is 24.3 Å². The summed E-state index contributed by atoms with van der Waals surface area (Å²) in [4.78, 5) is 10.6. The third-order valence-electron chi connectivity index (χ3n) is 4.90. The highest BCUT2D eigenvalue weighted by atomic mass is 79.9. The van der Waals surface area contributed by atoms with Gasteiger partial charge in [-0.2, -0.15) is 0 Å². The van der Waals surface area contributed by atoms with Gasteiger partial charge in [0.1, 0.15) is 6.54 Å². The van der Waals surface area contributed by atoms with Crippen molar-refractivity contribution in [2.45, 2.75) is 50.7 Å². The number of rotatable bonds is 2. The highest BCUT2D eigenvalue weighted by Gasteiger charge is 2.33. The normalized spacial score (nSPS) is 23.2. The van der Waals surface area contributed by atoms with Gasteiger partial charge < -0.3 is 31.3 Å². The summed E-state index contributed by atoms with van der Waals surface area (Å²) >= 11 is 5.78. The highest BCUT2D eigenvalue weighted by molar-refractivity contribution is 6.30. The first-order chi connectivity index (χ1) is 11.2. The molecule has 1 aromatic rings. The molecule has 0 spiro atoms. The molecule has 4 nitrogen and oxygen atoms in total. The quantitative estimate of drug-likeness (QED) is 0.545. The Morgan fingerprint density at radius 1 is 1.24 bits per heavy atom. The van der Waals surface area contributed by atoms with E-state index in [1.54, 1.807) is 0 Å². The van der Waals surface area contributed by atoms with Crippen molar-refractivity contribution in [3.63, 3.8) is 0 Å². The zero-order valence-electron chi connectivity index (χ0n) is 15.3. The molecule has 1 atom stereocenters. The minimum Gasteiger partial charge on any atom is -1.00 e. The molecule has 1 heterocycles. The van der Waals surface area contributed by atoms with Crippen molar-refractivity contribution < 1.29 is 36.1 Å². The summed E-state index contributed by atoms with van der Waals surface area (Å²) in [6.07, 6.45) is 5.18. The molecule has 25 heavy (non-hydrogen) atoms. The molecule has 1 saturated carbocycles. The smallest absolute Gasteiger partial charge is 0.303 e. The van der Waals surface area contributed by atoms with Crippen molar-refractivity contribution in [1.82, 2.24) is 0 Å². The van der Waals surface area contributed by atoms with Gasteiger partial charge in [-0.05, 0) is 30.5 Å². The molecule has 0 radical (unpaired) electrons. The Morgan fingerprint density at radius 3 is 2.24 bits per heavy atom. The van der Waals surface area contributed by atoms with E-state index in [0.717, 1.165) is 60.3 Å². The van der Waals surface area contributed by atoms with Crippen molar-refractivity contribution in [1.29, 1.82) is 0 Å². The number of esters is 1. The van der Waals surface area contributed by atoms with E-state index in [9.17, 15) is 9.90 Å². The highest BCUT2D eigenvalue weighted by Crippen LogP contribution is 2.38. The van der Waals surface area contributed by atoms with Crippen molar-refractivity contribution in [3.05, 3.63) is 34.9 Å². The van der Waals surface area contributed by atoms with E-state index in [2.05, 4.69) is 14.1 Å². The monoisotopic (exact) mass is 433 g/mol. The van der Waals surface area contributed by atoms with Gasteiger partial charge in [-0.1, -0.05) is 36.6 Å². The van der Waals surface area contributed by atoms with E-state index in [-0.39, 0.29) is 29.1 Å². The number of likely N-dealkylation sites (N-methyl/N-ethyl adjacent to an activating group) is 1. The molecule has 142 valence electrons. The first kappa shape index (κ1) is 22.4. The molecule has 0 aromatic heterocycles. The summed E-state index contributed by atoms with van der Waals surface area (Å²) in [5, 5.41) is 10.9. The molecular weight excluding hydrogens is 406 g/mol. The number of ether oxygens (including phenoxy) is 1. The predicted octanol–water partition coefficient (Wildman–Crippen LogP) is 0.504. The van der Waals surface area contributed by atoms with Crippen LogP contribution in [-0.2, 0) is 15.1 Å². The van der Waals surface area contributed by atoms with E-state index >= 15 is 0 Å². The number of quaternary nitrogens is 1. The van der Waals surface area contributed by atoms with Gasteiger partial charge >= 0.3 is 5.97 Å². The van der Waals surface area contributed by atoms with Crippen LogP contribution in [-0.4, -0.2) is 48.8 Å². The molecule has 1 unspecified atom stereocenters. The number of likely N-dealkylation sites (tertiary alicyclic amines) is 1. The molecule has 1 aliphatic carbocycles. The Hall–Kier alpha value is -0.620. The van der Waals surface area contributed by atoms with Gasteiger partial charge in [-0.15, -0.1) is 0 Å². The topological polar surface area (TPSA) is 46.5 Å². The second kappa shape index (κ2) is 9.36. The Balaban J connectivity index is 0.000000244. The fraction of sp³-hybridized carbons (Fsp3) is 0.632. The number of hydrogen-bond donors (Lipinski definition) is 1. The standard InChI is InChI=1S/C11H13ClO.C8H16NO2.BrH/c12-10-5-3-9(4-6-10)11(13)7-1-2-8-11;1-7(10)11-8-4-5-9(2,3)6-8;/h3-6,13H,1-2,7-8H2;8H,4-6H2,1-3H3;1H/q;+1;/p-1. The molecule has 0 amide bonds. The minimum atomic E-state index is -0.579. The molecule has 1 saturated heterocycles. The maximum absolute atomic E-state index is 10.6. The van der Waals surface area contributed by atoms with Crippen LogP contribution in [0.2, 0.25) is 5.02 Å². The van der Waals surface area contributed by atoms with E-state index in [1.807, 2.05) is 24.3 Å². The number of nitrogens with zero attached hydrogens (tertiary/aromatic N) is 1. The van der Waals surface area contributed by atoms with Crippen molar-refractivity contribution >= 4 is 17.6 Å². The second-order valence-electron chi connectivity index (χ2n) is 7.61. The number of benzene rings is 1. The van der Waals surface area contributed by atoms with Gasteiger partial charge in [0, 0.05) is 18.4 Å². The van der Waals surface area contributed by atoms with Crippen molar-refractivity contribution in [2.75, 3.05) is 27.2 Å². The van der Waals surface area contributed by atoms with Gasteiger partial charge in [0.05, 0.1) is 26.2 Å². The van der Waals surface area contributed by atoms with Gasteiger partial charge in [0.2, 0.25) is 0 Å². The van der Waals surface area contributed by atoms with E-state index < -0.39 is 5.60 Å². The third-order valence-corrected chi connectivity index (χ3v) is 5.15. The summed E-state index contributed by atoms with van der Waals surface area (Å²) in [5.41, 5.74) is 0.430. The lowest BCUT2D eigenvalue weighted by molar-refractivity contribution is -0.879. The van der Waals surface area contributed by atoms with E-state index in [1.165, 1.54) is 6.92 Å². The van der Waals surface area contributed by atoms with Crippen LogP contribution in [0, 0.1) is 0 Å². The Bertz CT molecular complexity index is 556. The fourth-order valence-electron chi connectivity index (χ4n) is 3.57. The molecule has 1 aromatic carbocycles.